The monoisotopic (exact) mass is 232 g/mol. The Morgan fingerprint density at radius 3 is 2.79 bits per heavy atom. The Kier molecular flexibility index (Phi) is 4.35. The Labute approximate surface area is 94.7 Å². The maximum Gasteiger partial charge on any atom is 0.0897 e. The largest absolute Gasteiger partial charge is 0.306 e. The van der Waals surface area contributed by atoms with Crippen LogP contribution in [0.15, 0.2) is 5.38 Å². The fourth-order valence-corrected chi connectivity index (χ4v) is 2.23. The summed E-state index contributed by atoms with van der Waals surface area (Å²) in [7, 11) is 0. The van der Waals surface area contributed by atoms with E-state index in [1.165, 1.54) is 0 Å². The van der Waals surface area contributed by atoms with Crippen LogP contribution in [0.3, 0.4) is 0 Å². The average Bonchev–Trinajstić information content (AvgIpc) is 2.48. The molecule has 2 nitrogen and oxygen atoms in total. The minimum absolute atomic E-state index is 0.0965. The van der Waals surface area contributed by atoms with Gasteiger partial charge in [0.2, 0.25) is 0 Å². The summed E-state index contributed by atoms with van der Waals surface area (Å²) in [6, 6.07) is 0. The molecule has 0 aliphatic heterocycles. The maximum absolute atomic E-state index is 5.72. The normalized spacial score (nSPS) is 12.0. The molecule has 0 amide bonds. The van der Waals surface area contributed by atoms with Crippen molar-refractivity contribution in [1.82, 2.24) is 10.3 Å². The number of aromatic nitrogens is 1. The zero-order valence-electron chi connectivity index (χ0n) is 8.93. The molecule has 1 heterocycles. The van der Waals surface area contributed by atoms with Crippen molar-refractivity contribution in [3.05, 3.63) is 16.1 Å². The van der Waals surface area contributed by atoms with Crippen LogP contribution in [0.5, 0.6) is 0 Å². The standard InChI is InChI=1S/C10H17ClN2S/c1-8-13-9(7-14-8)6-12-10(2,3)4-5-11/h7,12H,4-6H2,1-3H3. The molecule has 4 heteroatoms. The predicted octanol–water partition coefficient (Wildman–Crippen LogP) is 2.95. The van der Waals surface area contributed by atoms with Gasteiger partial charge in [0.05, 0.1) is 10.7 Å². The van der Waals surface area contributed by atoms with Gasteiger partial charge in [0.15, 0.2) is 0 Å². The number of aryl methyl sites for hydroxylation is 1. The lowest BCUT2D eigenvalue weighted by molar-refractivity contribution is 0.374. The van der Waals surface area contributed by atoms with E-state index in [2.05, 4.69) is 29.5 Å². The number of rotatable bonds is 5. The second kappa shape index (κ2) is 5.10. The molecule has 1 rings (SSSR count). The first kappa shape index (κ1) is 12.0. The summed E-state index contributed by atoms with van der Waals surface area (Å²) >= 11 is 7.41. The first-order valence-electron chi connectivity index (χ1n) is 4.75. The van der Waals surface area contributed by atoms with Crippen LogP contribution in [0.25, 0.3) is 0 Å². The van der Waals surface area contributed by atoms with Crippen LogP contribution in [-0.2, 0) is 6.54 Å². The highest BCUT2D eigenvalue weighted by atomic mass is 35.5. The smallest absolute Gasteiger partial charge is 0.0897 e. The number of thiazole rings is 1. The summed E-state index contributed by atoms with van der Waals surface area (Å²) in [4.78, 5) is 4.40. The van der Waals surface area contributed by atoms with E-state index in [0.29, 0.717) is 5.88 Å². The third kappa shape index (κ3) is 3.95. The van der Waals surface area contributed by atoms with Crippen LogP contribution in [0.4, 0.5) is 0 Å². The van der Waals surface area contributed by atoms with Gasteiger partial charge in [-0.25, -0.2) is 4.98 Å². The van der Waals surface area contributed by atoms with Gasteiger partial charge in [-0.2, -0.15) is 0 Å². The number of hydrogen-bond donors (Lipinski definition) is 1. The van der Waals surface area contributed by atoms with E-state index in [1.807, 2.05) is 6.92 Å². The minimum atomic E-state index is 0.0965. The van der Waals surface area contributed by atoms with Crippen LogP contribution < -0.4 is 5.32 Å². The van der Waals surface area contributed by atoms with Crippen molar-refractivity contribution in [1.29, 1.82) is 0 Å². The molecular formula is C10H17ClN2S. The molecule has 0 saturated carbocycles. The maximum atomic E-state index is 5.72. The topological polar surface area (TPSA) is 24.9 Å². The molecule has 0 spiro atoms. The highest BCUT2D eigenvalue weighted by Gasteiger charge is 2.15. The van der Waals surface area contributed by atoms with Crippen molar-refractivity contribution >= 4 is 22.9 Å². The molecule has 14 heavy (non-hydrogen) atoms. The number of alkyl halides is 1. The van der Waals surface area contributed by atoms with Gasteiger partial charge in [-0.3, -0.25) is 0 Å². The van der Waals surface area contributed by atoms with Gasteiger partial charge in [0, 0.05) is 23.3 Å². The highest BCUT2D eigenvalue weighted by molar-refractivity contribution is 7.09. The fourth-order valence-electron chi connectivity index (χ4n) is 1.14. The molecule has 1 aromatic heterocycles. The van der Waals surface area contributed by atoms with E-state index >= 15 is 0 Å². The number of halogens is 1. The molecular weight excluding hydrogens is 216 g/mol. The lowest BCUT2D eigenvalue weighted by Crippen LogP contribution is -2.39. The zero-order valence-corrected chi connectivity index (χ0v) is 10.5. The molecule has 0 saturated heterocycles. The molecule has 1 aromatic rings. The summed E-state index contributed by atoms with van der Waals surface area (Å²) in [6.07, 6.45) is 0.970. The zero-order chi connectivity index (χ0) is 10.6. The van der Waals surface area contributed by atoms with Gasteiger partial charge >= 0.3 is 0 Å². The van der Waals surface area contributed by atoms with Crippen LogP contribution >= 0.6 is 22.9 Å². The molecule has 0 bridgehead atoms. The Hall–Kier alpha value is -0.120. The van der Waals surface area contributed by atoms with Crippen LogP contribution in [0.1, 0.15) is 31.0 Å². The van der Waals surface area contributed by atoms with E-state index in [0.717, 1.165) is 23.7 Å². The molecule has 1 N–H and O–H groups in total. The first-order chi connectivity index (χ1) is 6.53. The lowest BCUT2D eigenvalue weighted by atomic mass is 10.0. The molecule has 0 aliphatic rings. The van der Waals surface area contributed by atoms with Gasteiger partial charge in [-0.15, -0.1) is 22.9 Å². The van der Waals surface area contributed by atoms with Crippen LogP contribution in [0.2, 0.25) is 0 Å². The molecule has 0 aliphatic carbocycles. The van der Waals surface area contributed by atoms with Crippen molar-refractivity contribution in [2.24, 2.45) is 0 Å². The Morgan fingerprint density at radius 2 is 2.29 bits per heavy atom. The van der Waals surface area contributed by atoms with Crippen LogP contribution in [-0.4, -0.2) is 16.4 Å². The van der Waals surface area contributed by atoms with Gasteiger partial charge in [0.25, 0.3) is 0 Å². The molecule has 0 radical (unpaired) electrons. The average molecular weight is 233 g/mol. The van der Waals surface area contributed by atoms with E-state index in [-0.39, 0.29) is 5.54 Å². The second-order valence-corrected chi connectivity index (χ2v) is 5.47. The predicted molar refractivity (Wildman–Crippen MR) is 63.1 cm³/mol. The Bertz CT molecular complexity index is 283. The van der Waals surface area contributed by atoms with Crippen molar-refractivity contribution in [2.45, 2.75) is 39.3 Å². The van der Waals surface area contributed by atoms with E-state index < -0.39 is 0 Å². The van der Waals surface area contributed by atoms with Gasteiger partial charge in [-0.1, -0.05) is 0 Å². The van der Waals surface area contributed by atoms with Crippen molar-refractivity contribution in [3.8, 4) is 0 Å². The third-order valence-corrected chi connectivity index (χ3v) is 3.15. The van der Waals surface area contributed by atoms with E-state index in [9.17, 15) is 0 Å². The number of nitrogens with zero attached hydrogens (tertiary/aromatic N) is 1. The number of hydrogen-bond acceptors (Lipinski definition) is 3. The SMILES string of the molecule is Cc1nc(CNC(C)(C)CCCl)cs1. The first-order valence-corrected chi connectivity index (χ1v) is 6.17. The summed E-state index contributed by atoms with van der Waals surface area (Å²) in [5.41, 5.74) is 1.22. The Morgan fingerprint density at radius 1 is 1.57 bits per heavy atom. The van der Waals surface area contributed by atoms with Crippen LogP contribution in [0, 0.1) is 6.92 Å². The summed E-state index contributed by atoms with van der Waals surface area (Å²) in [5, 5.41) is 6.67. The van der Waals surface area contributed by atoms with Crippen molar-refractivity contribution in [3.63, 3.8) is 0 Å². The second-order valence-electron chi connectivity index (χ2n) is 4.03. The lowest BCUT2D eigenvalue weighted by Gasteiger charge is -2.24. The fraction of sp³-hybridized carbons (Fsp3) is 0.700. The van der Waals surface area contributed by atoms with Gasteiger partial charge in [-0.05, 0) is 27.2 Å². The molecule has 0 unspecified atom stereocenters. The highest BCUT2D eigenvalue weighted by Crippen LogP contribution is 2.12. The summed E-state index contributed by atoms with van der Waals surface area (Å²) in [6.45, 7) is 7.18. The Balaban J connectivity index is 2.40. The molecule has 0 aromatic carbocycles. The van der Waals surface area contributed by atoms with Gasteiger partial charge in [0.1, 0.15) is 0 Å². The molecule has 0 fully saturated rings. The van der Waals surface area contributed by atoms with Crippen molar-refractivity contribution < 1.29 is 0 Å². The van der Waals surface area contributed by atoms with Gasteiger partial charge < -0.3 is 5.32 Å². The third-order valence-electron chi connectivity index (χ3n) is 2.13. The number of nitrogens with one attached hydrogen (secondary N) is 1. The quantitative estimate of drug-likeness (QED) is 0.790. The molecule has 0 atom stereocenters. The van der Waals surface area contributed by atoms with E-state index in [4.69, 9.17) is 11.6 Å². The van der Waals surface area contributed by atoms with E-state index in [1.54, 1.807) is 11.3 Å². The summed E-state index contributed by atoms with van der Waals surface area (Å²) in [5.74, 6) is 0.691. The molecule has 80 valence electrons. The minimum Gasteiger partial charge on any atom is -0.306 e. The van der Waals surface area contributed by atoms with Crippen molar-refractivity contribution in [2.75, 3.05) is 5.88 Å². The summed E-state index contributed by atoms with van der Waals surface area (Å²) < 4.78 is 0.